The van der Waals surface area contributed by atoms with E-state index in [0.717, 1.165) is 43.9 Å². The zero-order valence-electron chi connectivity index (χ0n) is 18.9. The fourth-order valence-corrected chi connectivity index (χ4v) is 5.36. The van der Waals surface area contributed by atoms with E-state index in [4.69, 9.17) is 0 Å². The van der Waals surface area contributed by atoms with E-state index < -0.39 is 0 Å². The van der Waals surface area contributed by atoms with Crippen molar-refractivity contribution in [1.82, 2.24) is 19.6 Å². The molecule has 0 aromatic carbocycles. The number of hydrogen-bond acceptors (Lipinski definition) is 3. The topological polar surface area (TPSA) is 30.0 Å². The Balaban J connectivity index is 1.34. The molecule has 0 bridgehead atoms. The van der Waals surface area contributed by atoms with Gasteiger partial charge in [0.1, 0.15) is 0 Å². The molecule has 0 aliphatic carbocycles. The number of carbonyl (C=O) groups is 1. The van der Waals surface area contributed by atoms with Crippen LogP contribution in [0.15, 0.2) is 0 Å². The second kappa shape index (κ2) is 10.3. The Morgan fingerprint density at radius 1 is 0.750 bits per heavy atom. The van der Waals surface area contributed by atoms with Gasteiger partial charge in [-0.15, -0.1) is 0 Å². The first kappa shape index (κ1) is 21.9. The molecule has 0 aromatic rings. The molecule has 0 atom stereocenters. The summed E-state index contributed by atoms with van der Waals surface area (Å²) in [4.78, 5) is 22.4. The smallest absolute Gasteiger partial charge is 0.319 e. The predicted molar refractivity (Wildman–Crippen MR) is 117 cm³/mol. The second-order valence-electron chi connectivity index (χ2n) is 10.2. The molecule has 162 valence electrons. The summed E-state index contributed by atoms with van der Waals surface area (Å²) in [5.41, 5.74) is 0. The lowest BCUT2D eigenvalue weighted by Gasteiger charge is -2.41. The lowest BCUT2D eigenvalue weighted by Crippen LogP contribution is -2.52. The third-order valence-corrected chi connectivity index (χ3v) is 7.23. The van der Waals surface area contributed by atoms with Crippen LogP contribution in [0.2, 0.25) is 0 Å². The zero-order valence-corrected chi connectivity index (χ0v) is 18.9. The Hall–Kier alpha value is -0.810. The quantitative estimate of drug-likeness (QED) is 0.716. The normalized spacial score (nSPS) is 24.5. The molecule has 3 saturated heterocycles. The van der Waals surface area contributed by atoms with Gasteiger partial charge in [0.05, 0.1) is 0 Å². The van der Waals surface area contributed by atoms with Crippen LogP contribution in [-0.4, -0.2) is 90.6 Å². The number of rotatable bonds is 5. The molecule has 0 spiro atoms. The van der Waals surface area contributed by atoms with Crippen LogP contribution in [0, 0.1) is 17.8 Å². The number of urea groups is 1. The lowest BCUT2D eigenvalue weighted by molar-refractivity contribution is 0.0780. The summed E-state index contributed by atoms with van der Waals surface area (Å²) >= 11 is 0. The lowest BCUT2D eigenvalue weighted by atomic mass is 9.89. The Morgan fingerprint density at radius 3 is 1.71 bits per heavy atom. The summed E-state index contributed by atoms with van der Waals surface area (Å²) in [5, 5.41) is 0. The number of piperidine rings is 2. The highest BCUT2D eigenvalue weighted by molar-refractivity contribution is 5.74. The van der Waals surface area contributed by atoms with E-state index >= 15 is 0 Å². The second-order valence-corrected chi connectivity index (χ2v) is 10.2. The van der Waals surface area contributed by atoms with Crippen LogP contribution in [0.25, 0.3) is 0 Å². The van der Waals surface area contributed by atoms with Crippen LogP contribution in [0.5, 0.6) is 0 Å². The number of hydrogen-bond donors (Lipinski definition) is 0. The highest BCUT2D eigenvalue weighted by Gasteiger charge is 2.30. The molecule has 3 rings (SSSR count). The van der Waals surface area contributed by atoms with Crippen LogP contribution in [0.4, 0.5) is 4.79 Å². The van der Waals surface area contributed by atoms with Gasteiger partial charge in [-0.3, -0.25) is 4.90 Å². The molecule has 2 amide bonds. The summed E-state index contributed by atoms with van der Waals surface area (Å²) in [6, 6.07) is 0.985. The van der Waals surface area contributed by atoms with Gasteiger partial charge in [0.25, 0.3) is 0 Å². The maximum atomic E-state index is 12.9. The molecule has 5 nitrogen and oxygen atoms in total. The van der Waals surface area contributed by atoms with E-state index in [1.165, 1.54) is 64.8 Å². The fourth-order valence-electron chi connectivity index (χ4n) is 5.36. The number of amides is 2. The van der Waals surface area contributed by atoms with Crippen molar-refractivity contribution < 1.29 is 4.79 Å². The van der Waals surface area contributed by atoms with Crippen LogP contribution < -0.4 is 0 Å². The van der Waals surface area contributed by atoms with E-state index in [0.29, 0.717) is 12.1 Å². The summed E-state index contributed by atoms with van der Waals surface area (Å²) in [6.45, 7) is 19.2. The summed E-state index contributed by atoms with van der Waals surface area (Å²) < 4.78 is 0. The highest BCUT2D eigenvalue weighted by atomic mass is 16.2. The maximum Gasteiger partial charge on any atom is 0.319 e. The molecule has 0 N–H and O–H groups in total. The highest BCUT2D eigenvalue weighted by Crippen LogP contribution is 2.26. The molecular weight excluding hydrogens is 348 g/mol. The van der Waals surface area contributed by atoms with Crippen molar-refractivity contribution in [3.63, 3.8) is 0 Å². The van der Waals surface area contributed by atoms with Crippen LogP contribution in [0.3, 0.4) is 0 Å². The van der Waals surface area contributed by atoms with E-state index in [2.05, 4.69) is 47.3 Å². The van der Waals surface area contributed by atoms with Gasteiger partial charge in [0.2, 0.25) is 0 Å². The largest absolute Gasteiger partial charge is 0.325 e. The SMILES string of the molecule is CC(C)CC1CCN(C(=O)N2CCC(CN3CCN(C(C)C)CC3)CC2)CC1. The third-order valence-electron chi connectivity index (χ3n) is 7.23. The van der Waals surface area contributed by atoms with E-state index in [9.17, 15) is 4.79 Å². The molecule has 3 aliphatic rings. The Labute approximate surface area is 173 Å². The van der Waals surface area contributed by atoms with Gasteiger partial charge in [-0.05, 0) is 63.7 Å². The molecule has 0 aromatic heterocycles. The minimum Gasteiger partial charge on any atom is -0.325 e. The van der Waals surface area contributed by atoms with E-state index in [1.54, 1.807) is 0 Å². The Morgan fingerprint density at radius 2 is 1.25 bits per heavy atom. The Bertz CT molecular complexity index is 471. The van der Waals surface area contributed by atoms with Gasteiger partial charge >= 0.3 is 6.03 Å². The number of carbonyl (C=O) groups excluding carboxylic acids is 1. The molecule has 0 unspecified atom stereocenters. The first-order chi connectivity index (χ1) is 13.4. The van der Waals surface area contributed by atoms with Crippen molar-refractivity contribution in [3.8, 4) is 0 Å². The van der Waals surface area contributed by atoms with Crippen LogP contribution >= 0.6 is 0 Å². The monoisotopic (exact) mass is 392 g/mol. The first-order valence-corrected chi connectivity index (χ1v) is 11.9. The van der Waals surface area contributed by atoms with E-state index in [1.807, 2.05) is 0 Å². The molecule has 0 radical (unpaired) electrons. The molecular formula is C23H44N4O. The average molecular weight is 393 g/mol. The van der Waals surface area contributed by atoms with Crippen molar-refractivity contribution in [1.29, 1.82) is 0 Å². The van der Waals surface area contributed by atoms with Crippen molar-refractivity contribution in [2.75, 3.05) is 58.9 Å². The summed E-state index contributed by atoms with van der Waals surface area (Å²) in [5.74, 6) is 2.37. The molecule has 3 heterocycles. The van der Waals surface area contributed by atoms with Crippen LogP contribution in [-0.2, 0) is 0 Å². The van der Waals surface area contributed by atoms with Gasteiger partial charge in [0.15, 0.2) is 0 Å². The average Bonchev–Trinajstić information content (AvgIpc) is 2.68. The molecule has 3 aliphatic heterocycles. The molecule has 3 fully saturated rings. The molecule has 0 saturated carbocycles. The van der Waals surface area contributed by atoms with Gasteiger partial charge in [0, 0.05) is 64.9 Å². The van der Waals surface area contributed by atoms with Crippen molar-refractivity contribution in [3.05, 3.63) is 0 Å². The summed E-state index contributed by atoms with van der Waals surface area (Å²) in [7, 11) is 0. The maximum absolute atomic E-state index is 12.9. The van der Waals surface area contributed by atoms with Gasteiger partial charge in [-0.2, -0.15) is 0 Å². The summed E-state index contributed by atoms with van der Waals surface area (Å²) in [6.07, 6.45) is 6.07. The van der Waals surface area contributed by atoms with Gasteiger partial charge in [-0.25, -0.2) is 4.79 Å². The molecule has 5 heteroatoms. The molecule has 28 heavy (non-hydrogen) atoms. The predicted octanol–water partition coefficient (Wildman–Crippen LogP) is 3.60. The minimum atomic E-state index is 0.312. The standard InChI is InChI=1S/C23H44N4O/c1-19(2)17-21-5-9-26(10-6-21)23(28)27-11-7-22(8-12-27)18-24-13-15-25(16-14-24)20(3)4/h19-22H,5-18H2,1-4H3. The number of piperazine rings is 1. The Kier molecular flexibility index (Phi) is 8.04. The fraction of sp³-hybridized carbons (Fsp3) is 0.957. The van der Waals surface area contributed by atoms with E-state index in [-0.39, 0.29) is 0 Å². The van der Waals surface area contributed by atoms with Gasteiger partial charge < -0.3 is 14.7 Å². The zero-order chi connectivity index (χ0) is 20.1. The van der Waals surface area contributed by atoms with Crippen LogP contribution in [0.1, 0.15) is 59.8 Å². The van der Waals surface area contributed by atoms with Crippen molar-refractivity contribution >= 4 is 6.03 Å². The van der Waals surface area contributed by atoms with Crippen molar-refractivity contribution in [2.45, 2.75) is 65.8 Å². The van der Waals surface area contributed by atoms with Crippen molar-refractivity contribution in [2.24, 2.45) is 17.8 Å². The first-order valence-electron chi connectivity index (χ1n) is 11.9. The number of likely N-dealkylation sites (tertiary alicyclic amines) is 2. The number of nitrogens with zero attached hydrogens (tertiary/aromatic N) is 4. The minimum absolute atomic E-state index is 0.312. The third kappa shape index (κ3) is 6.09. The van der Waals surface area contributed by atoms with Gasteiger partial charge in [-0.1, -0.05) is 13.8 Å².